The first-order valence-corrected chi connectivity index (χ1v) is 9.53. The number of amidine groups is 1. The molecule has 0 aliphatic rings. The molecule has 0 aliphatic heterocycles. The molecule has 27 heavy (non-hydrogen) atoms. The second-order valence-electron chi connectivity index (χ2n) is 6.07. The van der Waals surface area contributed by atoms with Gasteiger partial charge in [0.15, 0.2) is 10.7 Å². The van der Waals surface area contributed by atoms with Crippen LogP contribution in [-0.4, -0.2) is 39.7 Å². The molecule has 0 fully saturated rings. The number of carbonyl (C=O) groups excluding carboxylic acids is 1. The predicted molar refractivity (Wildman–Crippen MR) is 111 cm³/mol. The fourth-order valence-corrected chi connectivity index (χ4v) is 2.86. The van der Waals surface area contributed by atoms with Crippen LogP contribution in [0.2, 0.25) is 0 Å². The summed E-state index contributed by atoms with van der Waals surface area (Å²) in [7, 11) is 0. The summed E-state index contributed by atoms with van der Waals surface area (Å²) < 4.78 is 0. The van der Waals surface area contributed by atoms with Crippen LogP contribution in [-0.2, 0) is 0 Å². The molecule has 0 aliphatic carbocycles. The number of aromatic nitrogens is 1. The largest absolute Gasteiger partial charge is 0.393 e. The summed E-state index contributed by atoms with van der Waals surface area (Å²) in [5.74, 6) is -0.317. The quantitative estimate of drug-likeness (QED) is 0.210. The molecule has 1 atom stereocenters. The van der Waals surface area contributed by atoms with Crippen molar-refractivity contribution < 1.29 is 15.0 Å². The second kappa shape index (κ2) is 11.4. The highest BCUT2D eigenvalue weighted by molar-refractivity contribution is 7.16. The lowest BCUT2D eigenvalue weighted by atomic mass is 10.2. The molecule has 0 saturated heterocycles. The van der Waals surface area contributed by atoms with Gasteiger partial charge in [-0.05, 0) is 32.3 Å². The first-order valence-electron chi connectivity index (χ1n) is 8.72. The number of carbonyl (C=O) groups is 1. The zero-order chi connectivity index (χ0) is 20.4. The van der Waals surface area contributed by atoms with E-state index in [1.54, 1.807) is 6.08 Å². The third-order valence-electron chi connectivity index (χ3n) is 3.71. The highest BCUT2D eigenvalue weighted by atomic mass is 32.1. The van der Waals surface area contributed by atoms with Gasteiger partial charge in [-0.25, -0.2) is 9.98 Å². The Kier molecular flexibility index (Phi) is 9.63. The fourth-order valence-electron chi connectivity index (χ4n) is 1.91. The zero-order valence-electron chi connectivity index (χ0n) is 16.0. The van der Waals surface area contributed by atoms with Gasteiger partial charge in [0, 0.05) is 6.42 Å². The Morgan fingerprint density at radius 3 is 2.63 bits per heavy atom. The van der Waals surface area contributed by atoms with E-state index in [-0.39, 0.29) is 12.3 Å². The van der Waals surface area contributed by atoms with E-state index in [0.717, 1.165) is 12.0 Å². The molecule has 1 aromatic rings. The van der Waals surface area contributed by atoms with Gasteiger partial charge in [-0.1, -0.05) is 48.1 Å². The summed E-state index contributed by atoms with van der Waals surface area (Å²) >= 11 is 1.26. The van der Waals surface area contributed by atoms with Crippen LogP contribution in [0.5, 0.6) is 0 Å². The van der Waals surface area contributed by atoms with Crippen molar-refractivity contribution in [1.82, 2.24) is 4.98 Å². The van der Waals surface area contributed by atoms with Crippen LogP contribution in [0.25, 0.3) is 5.57 Å². The van der Waals surface area contributed by atoms with E-state index in [1.165, 1.54) is 23.0 Å². The molecule has 0 saturated carbocycles. The third-order valence-corrected chi connectivity index (χ3v) is 4.80. The molecular formula is C19H28N4O3S. The van der Waals surface area contributed by atoms with Crippen LogP contribution in [0.4, 0.5) is 5.00 Å². The normalized spacial score (nSPS) is 14.8. The van der Waals surface area contributed by atoms with Gasteiger partial charge in [-0.2, -0.15) is 0 Å². The molecule has 0 spiro atoms. The van der Waals surface area contributed by atoms with Crippen LogP contribution >= 0.6 is 11.3 Å². The number of thiazole rings is 1. The Balaban J connectivity index is 2.98. The Morgan fingerprint density at radius 1 is 1.33 bits per heavy atom. The Labute approximate surface area is 163 Å². The molecule has 1 heterocycles. The summed E-state index contributed by atoms with van der Waals surface area (Å²) in [4.78, 5) is 20.3. The van der Waals surface area contributed by atoms with Gasteiger partial charge >= 0.3 is 0 Å². The van der Waals surface area contributed by atoms with E-state index in [2.05, 4.69) is 16.9 Å². The number of rotatable bonds is 10. The molecule has 1 amide bonds. The van der Waals surface area contributed by atoms with Gasteiger partial charge in [-0.15, -0.1) is 0 Å². The zero-order valence-corrected chi connectivity index (χ0v) is 16.8. The number of hydrogen-bond donors (Lipinski definition) is 4. The number of amides is 1. The van der Waals surface area contributed by atoms with Crippen molar-refractivity contribution in [2.75, 3.05) is 6.61 Å². The van der Waals surface area contributed by atoms with Gasteiger partial charge < -0.3 is 21.7 Å². The number of allylic oxidation sites excluding steroid dienone is 5. The lowest BCUT2D eigenvalue weighted by molar-refractivity contribution is 0.0997. The maximum absolute atomic E-state index is 11.7. The minimum absolute atomic E-state index is 0.105. The molecule has 1 rings (SSSR count). The van der Waals surface area contributed by atoms with Crippen molar-refractivity contribution in [3.05, 3.63) is 40.6 Å². The van der Waals surface area contributed by atoms with E-state index in [1.807, 2.05) is 26.0 Å². The molecule has 8 heteroatoms. The molecule has 1 aromatic heterocycles. The maximum atomic E-state index is 11.7. The van der Waals surface area contributed by atoms with Gasteiger partial charge in [0.05, 0.1) is 12.7 Å². The smallest absolute Gasteiger partial charge is 0.270 e. The first kappa shape index (κ1) is 22.8. The van der Waals surface area contributed by atoms with Crippen molar-refractivity contribution in [3.63, 3.8) is 0 Å². The first-order chi connectivity index (χ1) is 12.8. The highest BCUT2D eigenvalue weighted by Crippen LogP contribution is 2.31. The lowest BCUT2D eigenvalue weighted by Crippen LogP contribution is -2.13. The predicted octanol–water partition coefficient (Wildman–Crippen LogP) is 2.68. The van der Waals surface area contributed by atoms with Gasteiger partial charge in [0.1, 0.15) is 10.8 Å². The van der Waals surface area contributed by atoms with Crippen molar-refractivity contribution >= 4 is 33.7 Å². The summed E-state index contributed by atoms with van der Waals surface area (Å²) in [6.45, 7) is 5.71. The molecular weight excluding hydrogens is 364 g/mol. The van der Waals surface area contributed by atoms with E-state index < -0.39 is 12.0 Å². The number of primary amides is 1. The van der Waals surface area contributed by atoms with Gasteiger partial charge in [0.2, 0.25) is 0 Å². The van der Waals surface area contributed by atoms with Crippen LogP contribution in [0.1, 0.15) is 55.5 Å². The van der Waals surface area contributed by atoms with Crippen LogP contribution in [0, 0.1) is 0 Å². The summed E-state index contributed by atoms with van der Waals surface area (Å²) in [5, 5.41) is 19.0. The SMILES string of the molecule is CC/C(C)=C/C=C(\C)c1nc(C(N)=O)c(/N=C(\N)CC/C=C/C(O)CO)s1. The van der Waals surface area contributed by atoms with Crippen molar-refractivity contribution in [2.45, 2.75) is 46.1 Å². The van der Waals surface area contributed by atoms with Gasteiger partial charge in [-0.3, -0.25) is 4.79 Å². The van der Waals surface area contributed by atoms with Crippen molar-refractivity contribution in [3.8, 4) is 0 Å². The topological polar surface area (TPSA) is 135 Å². The minimum Gasteiger partial charge on any atom is -0.393 e. The van der Waals surface area contributed by atoms with Crippen molar-refractivity contribution in [2.24, 2.45) is 16.5 Å². The van der Waals surface area contributed by atoms with Crippen LogP contribution < -0.4 is 11.5 Å². The number of aliphatic hydroxyl groups excluding tert-OH is 2. The summed E-state index contributed by atoms with van der Waals surface area (Å²) in [5.41, 5.74) is 13.6. The van der Waals surface area contributed by atoms with E-state index in [0.29, 0.717) is 28.7 Å². The maximum Gasteiger partial charge on any atom is 0.270 e. The van der Waals surface area contributed by atoms with Crippen molar-refractivity contribution in [1.29, 1.82) is 0 Å². The Morgan fingerprint density at radius 2 is 2.04 bits per heavy atom. The average molecular weight is 393 g/mol. The molecule has 148 valence electrons. The van der Waals surface area contributed by atoms with Crippen LogP contribution in [0.3, 0.4) is 0 Å². The van der Waals surface area contributed by atoms with E-state index in [9.17, 15) is 9.90 Å². The Bertz CT molecular complexity index is 763. The standard InChI is InChI=1S/C19H28N4O3S/c1-4-12(2)9-10-13(3)18-23-16(17(21)26)19(27-18)22-15(20)8-6-5-7-14(25)11-24/h5,7,9-10,14,24-25H,4,6,8,11H2,1-3H3,(H2,20,22)(H2,21,26)/b7-5+,12-9+,13-10+. The molecule has 1 unspecified atom stereocenters. The number of aliphatic hydroxyl groups is 2. The third kappa shape index (κ3) is 7.86. The molecule has 7 nitrogen and oxygen atoms in total. The van der Waals surface area contributed by atoms with Crippen LogP contribution in [0.15, 0.2) is 34.9 Å². The number of hydrogen-bond acceptors (Lipinski definition) is 6. The molecule has 0 aromatic carbocycles. The molecule has 6 N–H and O–H groups in total. The molecule has 0 radical (unpaired) electrons. The number of nitrogens with two attached hydrogens (primary N) is 2. The summed E-state index contributed by atoms with van der Waals surface area (Å²) in [6.07, 6.45) is 8.25. The summed E-state index contributed by atoms with van der Waals surface area (Å²) in [6, 6.07) is 0. The average Bonchev–Trinajstić information content (AvgIpc) is 3.06. The Hall–Kier alpha value is -2.29. The fraction of sp³-hybridized carbons (Fsp3) is 0.421. The number of aliphatic imine (C=N–C) groups is 1. The van der Waals surface area contributed by atoms with E-state index >= 15 is 0 Å². The van der Waals surface area contributed by atoms with Gasteiger partial charge in [0.25, 0.3) is 5.91 Å². The number of nitrogens with zero attached hydrogens (tertiary/aromatic N) is 2. The second-order valence-corrected chi connectivity index (χ2v) is 7.05. The highest BCUT2D eigenvalue weighted by Gasteiger charge is 2.16. The molecule has 0 bridgehead atoms. The lowest BCUT2D eigenvalue weighted by Gasteiger charge is -1.99. The van der Waals surface area contributed by atoms with E-state index in [4.69, 9.17) is 16.6 Å². The minimum atomic E-state index is -0.881. The monoisotopic (exact) mass is 392 g/mol.